The fourth-order valence-electron chi connectivity index (χ4n) is 7.02. The first-order valence-corrected chi connectivity index (χ1v) is 20.3. The van der Waals surface area contributed by atoms with Crippen LogP contribution >= 0.6 is 11.6 Å². The Morgan fingerprint density at radius 1 is 0.689 bits per heavy atom. The number of anilines is 2. The van der Waals surface area contributed by atoms with E-state index in [2.05, 4.69) is 51.4 Å². The molecular weight excluding hydrogens is 820 g/mol. The van der Waals surface area contributed by atoms with Crippen molar-refractivity contribution in [2.24, 2.45) is 14.1 Å². The number of hydrogen-bond acceptors (Lipinski definition) is 12. The van der Waals surface area contributed by atoms with Gasteiger partial charge in [-0.15, -0.1) is 10.2 Å². The zero-order chi connectivity index (χ0) is 43.9. The molecule has 2 aliphatic carbocycles. The van der Waals surface area contributed by atoms with Crippen LogP contribution in [0.4, 0.5) is 29.2 Å². The van der Waals surface area contributed by atoms with Crippen LogP contribution in [0.2, 0.25) is 5.02 Å². The first-order chi connectivity index (χ1) is 28.9. The Morgan fingerprint density at radius 2 is 1.15 bits per heavy atom. The predicted octanol–water partition coefficient (Wildman–Crippen LogP) is 7.42. The number of ether oxygens (including phenoxy) is 1. The number of hydrogen-bond donors (Lipinski definition) is 3. The van der Waals surface area contributed by atoms with E-state index in [0.717, 1.165) is 22.8 Å². The van der Waals surface area contributed by atoms with Gasteiger partial charge in [-0.05, 0) is 71.6 Å². The summed E-state index contributed by atoms with van der Waals surface area (Å²) in [6.07, 6.45) is 4.70. The molecule has 0 bridgehead atoms. The van der Waals surface area contributed by atoms with Crippen LogP contribution in [0.5, 0.6) is 5.75 Å². The quantitative estimate of drug-likeness (QED) is 0.116. The lowest BCUT2D eigenvalue weighted by atomic mass is 9.92. The van der Waals surface area contributed by atoms with Gasteiger partial charge in [0, 0.05) is 86.5 Å². The SMILES string of the molecule is Cc1cc(C)n(-c2cc(Cl)cc(NC3CCC(F)(F)CC3)n2)n1.Cc1cc(C)n(-c2cc(OCc3cn(C)nn3)cc(NC3CCC(F)(F)CC3)n2)n1.Cn1cc(CO)nn1. The van der Waals surface area contributed by atoms with E-state index in [1.54, 1.807) is 69.5 Å². The molecule has 0 aromatic carbocycles. The number of aliphatic hydroxyl groups is 1. The molecule has 2 saturated carbocycles. The highest BCUT2D eigenvalue weighted by Crippen LogP contribution is 2.36. The van der Waals surface area contributed by atoms with Crippen molar-refractivity contribution in [3.8, 4) is 17.4 Å². The molecule has 0 unspecified atom stereocenters. The Morgan fingerprint density at radius 3 is 1.56 bits per heavy atom. The van der Waals surface area contributed by atoms with Gasteiger partial charge < -0.3 is 20.5 Å². The zero-order valence-corrected chi connectivity index (χ0v) is 35.7. The van der Waals surface area contributed by atoms with Crippen LogP contribution in [0.3, 0.4) is 0 Å². The van der Waals surface area contributed by atoms with Crippen LogP contribution < -0.4 is 15.4 Å². The number of alkyl halides is 4. The summed E-state index contributed by atoms with van der Waals surface area (Å²) in [6.45, 7) is 7.94. The fourth-order valence-corrected chi connectivity index (χ4v) is 7.22. The third kappa shape index (κ3) is 12.9. The smallest absolute Gasteiger partial charge is 0.248 e. The van der Waals surface area contributed by atoms with E-state index in [9.17, 15) is 17.6 Å². The van der Waals surface area contributed by atoms with Crippen LogP contribution in [0.1, 0.15) is 85.5 Å². The van der Waals surface area contributed by atoms with E-state index in [1.807, 2.05) is 39.8 Å². The monoisotopic (exact) mass is 870 g/mol. The van der Waals surface area contributed by atoms with Gasteiger partial charge in [-0.25, -0.2) is 36.9 Å². The van der Waals surface area contributed by atoms with E-state index >= 15 is 0 Å². The summed E-state index contributed by atoms with van der Waals surface area (Å²) in [5.74, 6) is -2.13. The minimum atomic E-state index is -2.57. The molecule has 328 valence electrons. The standard InChI is InChI=1S/C20H25F2N7O.C16H19ClF2N4.C4H7N3O/c1-13-8-14(2)29(26-13)19-10-17(30-12-16-11-28(3)27-25-16)9-18(24-19)23-15-4-6-20(21,22)7-5-15;1-10-7-11(2)23(22-10)15-9-12(17)8-14(21-15)20-13-3-5-16(18,19)6-4-13;1-7-2-4(3-8)5-6-7/h8-11,15H,4-7,12H2,1-3H3,(H,23,24);7-9,13H,3-6H2,1-2H3,(H,20,21);2,8H,3H2,1H3. The normalized spacial score (nSPS) is 16.3. The van der Waals surface area contributed by atoms with Gasteiger partial charge in [-0.1, -0.05) is 22.0 Å². The number of aliphatic hydroxyl groups excluding tert-OH is 1. The molecule has 2 fully saturated rings. The van der Waals surface area contributed by atoms with Crippen molar-refractivity contribution in [3.63, 3.8) is 0 Å². The first kappa shape index (κ1) is 44.9. The molecule has 6 aromatic rings. The summed E-state index contributed by atoms with van der Waals surface area (Å²) < 4.78 is 66.0. The van der Waals surface area contributed by atoms with Crippen LogP contribution in [0, 0.1) is 27.7 Å². The summed E-state index contributed by atoms with van der Waals surface area (Å²) in [4.78, 5) is 9.18. The highest BCUT2D eigenvalue weighted by molar-refractivity contribution is 6.31. The Bertz CT molecular complexity index is 2360. The van der Waals surface area contributed by atoms with Crippen LogP contribution in [0.15, 0.2) is 48.8 Å². The molecule has 21 heteroatoms. The van der Waals surface area contributed by atoms with E-state index < -0.39 is 11.8 Å². The Labute approximate surface area is 355 Å². The lowest BCUT2D eigenvalue weighted by molar-refractivity contribution is -0.0366. The van der Waals surface area contributed by atoms with Crippen molar-refractivity contribution in [3.05, 3.63) is 88.0 Å². The van der Waals surface area contributed by atoms with Gasteiger partial charge in [-0.2, -0.15) is 10.2 Å². The lowest BCUT2D eigenvalue weighted by Gasteiger charge is -2.29. The largest absolute Gasteiger partial charge is 0.487 e. The number of rotatable bonds is 10. The predicted molar refractivity (Wildman–Crippen MR) is 221 cm³/mol. The number of halogens is 5. The third-order valence-electron chi connectivity index (χ3n) is 10.0. The molecule has 16 nitrogen and oxygen atoms in total. The van der Waals surface area contributed by atoms with E-state index in [0.29, 0.717) is 71.1 Å². The van der Waals surface area contributed by atoms with E-state index in [1.165, 1.54) is 0 Å². The van der Waals surface area contributed by atoms with E-state index in [4.69, 9.17) is 21.4 Å². The summed E-state index contributed by atoms with van der Waals surface area (Å²) in [5.41, 5.74) is 4.98. The molecule has 61 heavy (non-hydrogen) atoms. The first-order valence-electron chi connectivity index (χ1n) is 19.9. The van der Waals surface area contributed by atoms with Crippen molar-refractivity contribution in [2.45, 2.75) is 116 Å². The van der Waals surface area contributed by atoms with E-state index in [-0.39, 0.29) is 51.0 Å². The van der Waals surface area contributed by atoms with Crippen molar-refractivity contribution < 1.29 is 27.4 Å². The van der Waals surface area contributed by atoms with Gasteiger partial charge in [0.1, 0.15) is 35.4 Å². The van der Waals surface area contributed by atoms with Gasteiger partial charge in [-0.3, -0.25) is 9.36 Å². The maximum atomic E-state index is 13.5. The lowest BCUT2D eigenvalue weighted by Crippen LogP contribution is -2.32. The molecule has 0 spiro atoms. The molecule has 6 aromatic heterocycles. The minimum Gasteiger partial charge on any atom is -0.487 e. The molecule has 0 aliphatic heterocycles. The Kier molecular flexibility index (Phi) is 14.3. The van der Waals surface area contributed by atoms with Gasteiger partial charge in [0.25, 0.3) is 0 Å². The highest BCUT2D eigenvalue weighted by Gasteiger charge is 2.36. The average Bonchev–Trinajstić information content (AvgIpc) is 3.99. The molecule has 0 saturated heterocycles. The number of aromatic nitrogens is 12. The van der Waals surface area contributed by atoms with Gasteiger partial charge in [0.15, 0.2) is 11.6 Å². The molecule has 8 rings (SSSR count). The molecular formula is C40H51ClF4N14O2. The molecule has 3 N–H and O–H groups in total. The zero-order valence-electron chi connectivity index (χ0n) is 35.0. The average molecular weight is 871 g/mol. The second-order valence-electron chi connectivity index (χ2n) is 15.5. The van der Waals surface area contributed by atoms with Crippen molar-refractivity contribution in [1.29, 1.82) is 0 Å². The summed E-state index contributed by atoms with van der Waals surface area (Å²) >= 11 is 6.18. The Hall–Kier alpha value is -5.63. The summed E-state index contributed by atoms with van der Waals surface area (Å²) in [5, 5.41) is 39.5. The fraction of sp³-hybridized carbons (Fsp3) is 0.500. The molecule has 2 aliphatic rings. The highest BCUT2D eigenvalue weighted by atomic mass is 35.5. The van der Waals surface area contributed by atoms with Crippen LogP contribution in [-0.4, -0.2) is 88.6 Å². The molecule has 0 radical (unpaired) electrons. The number of nitrogens with one attached hydrogen (secondary N) is 2. The van der Waals surface area contributed by atoms with Gasteiger partial charge >= 0.3 is 0 Å². The van der Waals surface area contributed by atoms with Crippen molar-refractivity contribution in [2.75, 3.05) is 10.6 Å². The molecule has 6 heterocycles. The maximum absolute atomic E-state index is 13.5. The van der Waals surface area contributed by atoms with Crippen molar-refractivity contribution in [1.82, 2.24) is 59.5 Å². The van der Waals surface area contributed by atoms with Crippen LogP contribution in [0.25, 0.3) is 11.6 Å². The molecule has 0 amide bonds. The van der Waals surface area contributed by atoms with Gasteiger partial charge in [0.2, 0.25) is 11.8 Å². The number of nitrogens with zero attached hydrogens (tertiary/aromatic N) is 12. The van der Waals surface area contributed by atoms with Crippen LogP contribution in [-0.2, 0) is 27.3 Å². The number of aryl methyl sites for hydroxylation is 6. The number of pyridine rings is 2. The summed E-state index contributed by atoms with van der Waals surface area (Å²) in [6, 6.07) is 10.9. The molecule has 0 atom stereocenters. The van der Waals surface area contributed by atoms with Gasteiger partial charge in [0.05, 0.1) is 30.4 Å². The maximum Gasteiger partial charge on any atom is 0.248 e. The second-order valence-corrected chi connectivity index (χ2v) is 16.0. The second kappa shape index (κ2) is 19.4. The minimum absolute atomic E-state index is 0.00565. The van der Waals surface area contributed by atoms with Crippen molar-refractivity contribution >= 4 is 23.2 Å². The third-order valence-corrected chi connectivity index (χ3v) is 10.2. The summed E-state index contributed by atoms with van der Waals surface area (Å²) in [7, 11) is 3.55. The Balaban J connectivity index is 0.000000177. The topological polar surface area (TPSA) is 176 Å².